The Morgan fingerprint density at radius 2 is 1.61 bits per heavy atom. The monoisotopic (exact) mass is 373 g/mol. The van der Waals surface area contributed by atoms with Gasteiger partial charge in [-0.15, -0.1) is 0 Å². The van der Waals surface area contributed by atoms with Crippen LogP contribution in [0.3, 0.4) is 0 Å². The van der Waals surface area contributed by atoms with Crippen molar-refractivity contribution in [2.75, 3.05) is 0 Å². The van der Waals surface area contributed by atoms with Gasteiger partial charge in [-0.05, 0) is 69.5 Å². The van der Waals surface area contributed by atoms with Crippen molar-refractivity contribution in [3.05, 3.63) is 58.1 Å². The highest BCUT2D eigenvalue weighted by Crippen LogP contribution is 2.29. The van der Waals surface area contributed by atoms with E-state index in [4.69, 9.17) is 0 Å². The number of hydrogen-bond donors (Lipinski definition) is 0. The normalized spacial score (nSPS) is 11.1. The summed E-state index contributed by atoms with van der Waals surface area (Å²) in [7, 11) is 0. The Hall–Kier alpha value is -1.61. The lowest BCUT2D eigenvalue weighted by Crippen LogP contribution is -2.42. The zero-order chi connectivity index (χ0) is 17.1. The van der Waals surface area contributed by atoms with Crippen LogP contribution in [-0.4, -0.2) is 22.9 Å². The molecule has 0 aliphatic rings. The summed E-state index contributed by atoms with van der Waals surface area (Å²) in [5, 5.41) is 0. The number of benzene rings is 2. The number of amides is 1. The minimum Gasteiger partial charge on any atom is -0.334 e. The molecular formula is C20H24BrNO. The predicted molar refractivity (Wildman–Crippen MR) is 101 cm³/mol. The highest BCUT2D eigenvalue weighted by molar-refractivity contribution is 9.10. The van der Waals surface area contributed by atoms with E-state index in [0.29, 0.717) is 0 Å². The summed E-state index contributed by atoms with van der Waals surface area (Å²) in [5.41, 5.74) is 3.97. The smallest absolute Gasteiger partial charge is 0.254 e. The molecule has 2 aromatic rings. The van der Waals surface area contributed by atoms with Gasteiger partial charge in [0.25, 0.3) is 5.91 Å². The van der Waals surface area contributed by atoms with Crippen LogP contribution in [0.5, 0.6) is 0 Å². The van der Waals surface area contributed by atoms with E-state index in [1.807, 2.05) is 29.2 Å². The molecule has 0 aliphatic carbocycles. The minimum absolute atomic E-state index is 0.0863. The van der Waals surface area contributed by atoms with Gasteiger partial charge in [0.2, 0.25) is 0 Å². The van der Waals surface area contributed by atoms with Crippen molar-refractivity contribution in [2.24, 2.45) is 0 Å². The molecule has 0 aromatic heterocycles. The van der Waals surface area contributed by atoms with E-state index < -0.39 is 0 Å². The van der Waals surface area contributed by atoms with Gasteiger partial charge in [-0.1, -0.05) is 40.2 Å². The summed E-state index contributed by atoms with van der Waals surface area (Å²) in [4.78, 5) is 15.0. The maximum atomic E-state index is 13.1. The van der Waals surface area contributed by atoms with E-state index in [0.717, 1.165) is 21.2 Å². The van der Waals surface area contributed by atoms with Crippen LogP contribution in [0.25, 0.3) is 11.1 Å². The molecule has 0 saturated carbocycles. The number of hydrogen-bond acceptors (Lipinski definition) is 1. The van der Waals surface area contributed by atoms with Crippen molar-refractivity contribution in [1.82, 2.24) is 4.90 Å². The average molecular weight is 374 g/mol. The molecule has 0 N–H and O–H groups in total. The molecule has 23 heavy (non-hydrogen) atoms. The molecular weight excluding hydrogens is 350 g/mol. The standard InChI is InChI=1S/C20H24BrNO/c1-13(2)22(14(3)4)20(23)19-9-7-6-8-18(19)16-10-15(5)11-17(21)12-16/h6-14H,1-5H3. The lowest BCUT2D eigenvalue weighted by molar-refractivity contribution is 0.0644. The van der Waals surface area contributed by atoms with Crippen LogP contribution in [0, 0.1) is 6.92 Å². The molecule has 0 fully saturated rings. The van der Waals surface area contributed by atoms with Crippen molar-refractivity contribution in [2.45, 2.75) is 46.7 Å². The minimum atomic E-state index is 0.0863. The van der Waals surface area contributed by atoms with Gasteiger partial charge < -0.3 is 4.90 Å². The Balaban J connectivity index is 2.55. The number of carbonyl (C=O) groups excluding carboxylic acids is 1. The van der Waals surface area contributed by atoms with Gasteiger partial charge in [0.15, 0.2) is 0 Å². The summed E-state index contributed by atoms with van der Waals surface area (Å²) in [6, 6.07) is 14.4. The lowest BCUT2D eigenvalue weighted by Gasteiger charge is -2.31. The first-order valence-corrected chi connectivity index (χ1v) is 8.79. The van der Waals surface area contributed by atoms with Gasteiger partial charge in [0.1, 0.15) is 0 Å². The van der Waals surface area contributed by atoms with Gasteiger partial charge >= 0.3 is 0 Å². The quantitative estimate of drug-likeness (QED) is 0.674. The second-order valence-electron chi connectivity index (χ2n) is 6.46. The molecule has 0 saturated heterocycles. The van der Waals surface area contributed by atoms with Crippen LogP contribution in [-0.2, 0) is 0 Å². The fraction of sp³-hybridized carbons (Fsp3) is 0.350. The van der Waals surface area contributed by atoms with Crippen LogP contribution >= 0.6 is 15.9 Å². The highest BCUT2D eigenvalue weighted by atomic mass is 79.9. The molecule has 3 heteroatoms. The zero-order valence-corrected chi connectivity index (χ0v) is 16.0. The van der Waals surface area contributed by atoms with Gasteiger partial charge in [-0.25, -0.2) is 0 Å². The summed E-state index contributed by atoms with van der Waals surface area (Å²) in [6.07, 6.45) is 0. The SMILES string of the molecule is Cc1cc(Br)cc(-c2ccccc2C(=O)N(C(C)C)C(C)C)c1. The van der Waals surface area contributed by atoms with Crippen molar-refractivity contribution < 1.29 is 4.79 Å². The summed E-state index contributed by atoms with van der Waals surface area (Å²) < 4.78 is 1.03. The lowest BCUT2D eigenvalue weighted by atomic mass is 9.97. The predicted octanol–water partition coefficient (Wildman–Crippen LogP) is 5.68. The van der Waals surface area contributed by atoms with E-state index >= 15 is 0 Å². The third kappa shape index (κ3) is 4.03. The molecule has 0 radical (unpaired) electrons. The Morgan fingerprint density at radius 3 is 2.17 bits per heavy atom. The molecule has 0 bridgehead atoms. The molecule has 1 amide bonds. The summed E-state index contributed by atoms with van der Waals surface area (Å²) >= 11 is 3.55. The molecule has 0 unspecified atom stereocenters. The van der Waals surface area contributed by atoms with E-state index in [1.165, 1.54) is 5.56 Å². The number of nitrogens with zero attached hydrogens (tertiary/aromatic N) is 1. The van der Waals surface area contributed by atoms with Gasteiger partial charge in [-0.3, -0.25) is 4.79 Å². The highest BCUT2D eigenvalue weighted by Gasteiger charge is 2.23. The maximum Gasteiger partial charge on any atom is 0.254 e. The van der Waals surface area contributed by atoms with Crippen LogP contribution in [0.4, 0.5) is 0 Å². The third-order valence-corrected chi connectivity index (χ3v) is 4.32. The molecule has 0 heterocycles. The fourth-order valence-electron chi connectivity index (χ4n) is 3.02. The fourth-order valence-corrected chi connectivity index (χ4v) is 3.63. The summed E-state index contributed by atoms with van der Waals surface area (Å²) in [6.45, 7) is 10.3. The van der Waals surface area contributed by atoms with Crippen LogP contribution < -0.4 is 0 Å². The number of aryl methyl sites for hydroxylation is 1. The van der Waals surface area contributed by atoms with Crippen molar-refractivity contribution in [3.8, 4) is 11.1 Å². The molecule has 2 nitrogen and oxygen atoms in total. The van der Waals surface area contributed by atoms with Crippen LogP contribution in [0.1, 0.15) is 43.6 Å². The van der Waals surface area contributed by atoms with E-state index in [-0.39, 0.29) is 18.0 Å². The largest absolute Gasteiger partial charge is 0.334 e. The third-order valence-electron chi connectivity index (χ3n) is 3.86. The number of halogens is 1. The molecule has 2 aromatic carbocycles. The topological polar surface area (TPSA) is 20.3 Å². The summed E-state index contributed by atoms with van der Waals surface area (Å²) in [5.74, 6) is 0.0863. The van der Waals surface area contributed by atoms with E-state index in [1.54, 1.807) is 0 Å². The van der Waals surface area contributed by atoms with Gasteiger partial charge in [0, 0.05) is 22.1 Å². The zero-order valence-electron chi connectivity index (χ0n) is 14.4. The van der Waals surface area contributed by atoms with Gasteiger partial charge in [0.05, 0.1) is 0 Å². The molecule has 122 valence electrons. The van der Waals surface area contributed by atoms with Crippen LogP contribution in [0.15, 0.2) is 46.9 Å². The maximum absolute atomic E-state index is 13.1. The second-order valence-corrected chi connectivity index (χ2v) is 7.38. The first-order chi connectivity index (χ1) is 10.8. The van der Waals surface area contributed by atoms with Crippen molar-refractivity contribution in [1.29, 1.82) is 0 Å². The first-order valence-electron chi connectivity index (χ1n) is 8.00. The molecule has 0 atom stereocenters. The first kappa shape index (κ1) is 17.7. The number of carbonyl (C=O) groups is 1. The Labute approximate surface area is 147 Å². The Bertz CT molecular complexity index is 678. The molecule has 0 spiro atoms. The molecule has 0 aliphatic heterocycles. The van der Waals surface area contributed by atoms with E-state index in [9.17, 15) is 4.79 Å². The molecule has 2 rings (SSSR count). The average Bonchev–Trinajstić information content (AvgIpc) is 2.45. The Morgan fingerprint density at radius 1 is 1.00 bits per heavy atom. The second kappa shape index (κ2) is 7.31. The van der Waals surface area contributed by atoms with E-state index in [2.05, 4.69) is 68.7 Å². The van der Waals surface area contributed by atoms with Crippen molar-refractivity contribution >= 4 is 21.8 Å². The Kier molecular flexibility index (Phi) is 5.64. The van der Waals surface area contributed by atoms with Crippen LogP contribution in [0.2, 0.25) is 0 Å². The van der Waals surface area contributed by atoms with Crippen molar-refractivity contribution in [3.63, 3.8) is 0 Å². The number of rotatable bonds is 4. The van der Waals surface area contributed by atoms with Gasteiger partial charge in [-0.2, -0.15) is 0 Å².